The topological polar surface area (TPSA) is 47.9 Å². The van der Waals surface area contributed by atoms with Crippen molar-refractivity contribution in [3.05, 3.63) is 78.4 Å². The van der Waals surface area contributed by atoms with Gasteiger partial charge in [-0.3, -0.25) is 0 Å². The molecule has 0 aliphatic carbocycles. The van der Waals surface area contributed by atoms with Gasteiger partial charge in [-0.15, -0.1) is 6.58 Å². The Morgan fingerprint density at radius 3 is 2.61 bits per heavy atom. The van der Waals surface area contributed by atoms with Crippen molar-refractivity contribution in [3.63, 3.8) is 0 Å². The highest BCUT2D eigenvalue weighted by Crippen LogP contribution is 2.52. The molecule has 0 unspecified atom stereocenters. The third-order valence-electron chi connectivity index (χ3n) is 8.27. The highest BCUT2D eigenvalue weighted by atomic mass is 16.7. The summed E-state index contributed by atoms with van der Waals surface area (Å²) in [7, 11) is 0. The number of ether oxygens (including phenoxy) is 3. The zero-order valence-electron chi connectivity index (χ0n) is 22.3. The van der Waals surface area contributed by atoms with Gasteiger partial charge in [-0.05, 0) is 61.8 Å². The Hall–Kier alpha value is -2.14. The van der Waals surface area contributed by atoms with E-state index in [1.54, 1.807) is 0 Å². The number of aliphatic hydroxyl groups is 1. The molecule has 36 heavy (non-hydrogen) atoms. The van der Waals surface area contributed by atoms with Gasteiger partial charge in [0.1, 0.15) is 12.4 Å². The van der Waals surface area contributed by atoms with Gasteiger partial charge < -0.3 is 19.3 Å². The molecule has 1 N–H and O–H groups in total. The molecular formula is C32H44O4. The molecule has 1 spiro atoms. The maximum absolute atomic E-state index is 11.0. The predicted octanol–water partition coefficient (Wildman–Crippen LogP) is 7.24. The van der Waals surface area contributed by atoms with Gasteiger partial charge >= 0.3 is 0 Å². The molecule has 4 rings (SSSR count). The van der Waals surface area contributed by atoms with Crippen LogP contribution in [-0.4, -0.2) is 29.2 Å². The van der Waals surface area contributed by atoms with Crippen LogP contribution in [0.15, 0.2) is 67.3 Å². The largest absolute Gasteiger partial charge is 0.489 e. The van der Waals surface area contributed by atoms with Crippen molar-refractivity contribution < 1.29 is 19.3 Å². The van der Waals surface area contributed by atoms with Crippen molar-refractivity contribution in [1.29, 1.82) is 0 Å². The Kier molecular flexibility index (Phi) is 8.92. The summed E-state index contributed by atoms with van der Waals surface area (Å²) in [6.45, 7) is 11.0. The van der Waals surface area contributed by atoms with E-state index in [-0.39, 0.29) is 23.5 Å². The zero-order chi connectivity index (χ0) is 25.6. The molecule has 0 bridgehead atoms. The Labute approximate surface area is 217 Å². The summed E-state index contributed by atoms with van der Waals surface area (Å²) in [5.74, 6) is 0.292. The number of unbranched alkanes of at least 4 members (excludes halogenated alkanes) is 1. The number of benzene rings is 2. The fraction of sp³-hybridized carbons (Fsp3) is 0.562. The number of rotatable bonds is 10. The molecule has 2 aliphatic rings. The third kappa shape index (κ3) is 6.40. The van der Waals surface area contributed by atoms with Crippen molar-refractivity contribution in [3.8, 4) is 5.75 Å². The fourth-order valence-electron chi connectivity index (χ4n) is 5.70. The van der Waals surface area contributed by atoms with E-state index in [9.17, 15) is 5.11 Å². The van der Waals surface area contributed by atoms with Gasteiger partial charge in [-0.25, -0.2) is 0 Å². The van der Waals surface area contributed by atoms with Crippen LogP contribution in [-0.2, 0) is 22.5 Å². The molecule has 196 valence electrons. The number of hydrogen-bond acceptors (Lipinski definition) is 4. The van der Waals surface area contributed by atoms with Gasteiger partial charge in [0.05, 0.1) is 18.3 Å². The van der Waals surface area contributed by atoms with Crippen molar-refractivity contribution in [2.24, 2.45) is 11.3 Å². The van der Waals surface area contributed by atoms with E-state index in [1.807, 2.05) is 30.3 Å². The first-order valence-electron chi connectivity index (χ1n) is 13.7. The molecule has 4 heteroatoms. The lowest BCUT2D eigenvalue weighted by Gasteiger charge is -2.57. The van der Waals surface area contributed by atoms with E-state index < -0.39 is 11.9 Å². The molecule has 2 heterocycles. The first kappa shape index (κ1) is 26.9. The van der Waals surface area contributed by atoms with E-state index in [0.717, 1.165) is 50.7 Å². The standard InChI is InChI=1S/C32H44O4/c1-5-12-27-19-20-31(3,4)32(35-27)22-29(33)24(2)30(36-32)18-10-9-13-25-16-11-17-28(21-25)34-23-26-14-7-6-8-15-26/h5-8,11,14-17,21,24,27,29-30,33H,1,9-10,12-13,18-20,22-23H2,2-4H3/t24-,27-,29-,30+,32+/m0/s1. The monoisotopic (exact) mass is 492 g/mol. The van der Waals surface area contributed by atoms with Gasteiger partial charge in [0.15, 0.2) is 5.79 Å². The summed E-state index contributed by atoms with van der Waals surface area (Å²) in [5.41, 5.74) is 2.33. The van der Waals surface area contributed by atoms with Crippen molar-refractivity contribution in [1.82, 2.24) is 0 Å². The Morgan fingerprint density at radius 2 is 1.83 bits per heavy atom. The average molecular weight is 493 g/mol. The summed E-state index contributed by atoms with van der Waals surface area (Å²) in [5, 5.41) is 11.0. The first-order valence-corrected chi connectivity index (χ1v) is 13.7. The summed E-state index contributed by atoms with van der Waals surface area (Å²) in [6.07, 6.45) is 9.08. The van der Waals surface area contributed by atoms with Crippen LogP contribution in [0.5, 0.6) is 5.75 Å². The molecule has 2 aromatic rings. The highest BCUT2D eigenvalue weighted by molar-refractivity contribution is 5.29. The lowest BCUT2D eigenvalue weighted by Crippen LogP contribution is -2.62. The summed E-state index contributed by atoms with van der Waals surface area (Å²) >= 11 is 0. The maximum atomic E-state index is 11.0. The van der Waals surface area contributed by atoms with Gasteiger partial charge in [0, 0.05) is 17.8 Å². The van der Waals surface area contributed by atoms with Crippen LogP contribution >= 0.6 is 0 Å². The molecule has 2 saturated heterocycles. The van der Waals surface area contributed by atoms with E-state index in [0.29, 0.717) is 13.0 Å². The van der Waals surface area contributed by atoms with E-state index in [4.69, 9.17) is 14.2 Å². The van der Waals surface area contributed by atoms with Crippen molar-refractivity contribution in [2.45, 2.75) is 103 Å². The van der Waals surface area contributed by atoms with Crippen LogP contribution in [0.25, 0.3) is 0 Å². The van der Waals surface area contributed by atoms with E-state index in [1.165, 1.54) is 11.1 Å². The third-order valence-corrected chi connectivity index (χ3v) is 8.27. The van der Waals surface area contributed by atoms with Crippen molar-refractivity contribution >= 4 is 0 Å². The lowest BCUT2D eigenvalue weighted by molar-refractivity contribution is -0.380. The van der Waals surface area contributed by atoms with E-state index in [2.05, 4.69) is 57.7 Å². The molecule has 0 aromatic heterocycles. The Morgan fingerprint density at radius 1 is 1.06 bits per heavy atom. The second kappa shape index (κ2) is 11.9. The predicted molar refractivity (Wildman–Crippen MR) is 145 cm³/mol. The molecule has 0 amide bonds. The van der Waals surface area contributed by atoms with Gasteiger partial charge in [-0.1, -0.05) is 75.7 Å². The second-order valence-corrected chi connectivity index (χ2v) is 11.4. The fourth-order valence-corrected chi connectivity index (χ4v) is 5.70. The van der Waals surface area contributed by atoms with Crippen LogP contribution in [0.4, 0.5) is 0 Å². The van der Waals surface area contributed by atoms with Gasteiger partial charge in [0.25, 0.3) is 0 Å². The number of aliphatic hydroxyl groups excluding tert-OH is 1. The quantitative estimate of drug-likeness (QED) is 0.280. The average Bonchev–Trinajstić information content (AvgIpc) is 2.87. The zero-order valence-corrected chi connectivity index (χ0v) is 22.3. The minimum Gasteiger partial charge on any atom is -0.489 e. The molecule has 2 aliphatic heterocycles. The minimum atomic E-state index is -0.722. The SMILES string of the molecule is C=CC[C@H]1CCC(C)(C)[C@]2(C[C@H](O)[C@H](C)[C@@H](CCCCc3cccc(OCc4ccccc4)c3)O2)O1. The Bertz CT molecular complexity index is 971. The molecule has 5 atom stereocenters. The second-order valence-electron chi connectivity index (χ2n) is 11.4. The normalized spacial score (nSPS) is 29.7. The first-order chi connectivity index (χ1) is 17.3. The summed E-state index contributed by atoms with van der Waals surface area (Å²) in [6, 6.07) is 18.7. The maximum Gasteiger partial charge on any atom is 0.176 e. The number of aryl methyl sites for hydroxylation is 1. The van der Waals surface area contributed by atoms with Crippen molar-refractivity contribution in [2.75, 3.05) is 0 Å². The van der Waals surface area contributed by atoms with Crippen LogP contribution < -0.4 is 4.74 Å². The number of hydrogen-bond donors (Lipinski definition) is 1. The smallest absolute Gasteiger partial charge is 0.176 e. The minimum absolute atomic E-state index is 0.00366. The summed E-state index contributed by atoms with van der Waals surface area (Å²) < 4.78 is 19.4. The molecular weight excluding hydrogens is 448 g/mol. The van der Waals surface area contributed by atoms with Crippen LogP contribution in [0, 0.1) is 11.3 Å². The van der Waals surface area contributed by atoms with Crippen LogP contribution in [0.2, 0.25) is 0 Å². The molecule has 0 saturated carbocycles. The molecule has 4 nitrogen and oxygen atoms in total. The van der Waals surface area contributed by atoms with Crippen LogP contribution in [0.3, 0.4) is 0 Å². The van der Waals surface area contributed by atoms with E-state index >= 15 is 0 Å². The Balaban J connectivity index is 1.30. The lowest BCUT2D eigenvalue weighted by atomic mass is 9.70. The highest BCUT2D eigenvalue weighted by Gasteiger charge is 2.57. The summed E-state index contributed by atoms with van der Waals surface area (Å²) in [4.78, 5) is 0. The molecule has 2 aromatic carbocycles. The van der Waals surface area contributed by atoms with Crippen LogP contribution in [0.1, 0.15) is 76.8 Å². The molecule has 0 radical (unpaired) electrons. The molecule has 2 fully saturated rings. The van der Waals surface area contributed by atoms with Gasteiger partial charge in [-0.2, -0.15) is 0 Å². The van der Waals surface area contributed by atoms with Gasteiger partial charge in [0.2, 0.25) is 0 Å².